The van der Waals surface area contributed by atoms with Gasteiger partial charge in [0.15, 0.2) is 0 Å². The van der Waals surface area contributed by atoms with E-state index in [0.29, 0.717) is 36.6 Å². The van der Waals surface area contributed by atoms with Crippen molar-refractivity contribution in [3.8, 4) is 0 Å². The van der Waals surface area contributed by atoms with E-state index < -0.39 is 5.54 Å². The molecule has 2 rings (SSSR count). The molecule has 2 heterocycles. The molecule has 1 aliphatic rings. The second-order valence-corrected chi connectivity index (χ2v) is 5.82. The topological polar surface area (TPSA) is 95.2 Å². The molecule has 120 valence electrons. The van der Waals surface area contributed by atoms with E-state index >= 15 is 0 Å². The van der Waals surface area contributed by atoms with Gasteiger partial charge in [-0.05, 0) is 27.2 Å². The maximum atomic E-state index is 12.6. The summed E-state index contributed by atoms with van der Waals surface area (Å²) in [6, 6.07) is 0. The Hall–Kier alpha value is -2.18. The van der Waals surface area contributed by atoms with Crippen LogP contribution in [0.3, 0.4) is 0 Å². The number of aromatic nitrogens is 2. The Labute approximate surface area is 129 Å². The van der Waals surface area contributed by atoms with Gasteiger partial charge in [0.05, 0.1) is 6.42 Å². The number of rotatable bonds is 3. The van der Waals surface area contributed by atoms with Gasteiger partial charge in [-0.25, -0.2) is 4.98 Å². The lowest BCUT2D eigenvalue weighted by Crippen LogP contribution is -2.65. The van der Waals surface area contributed by atoms with Crippen molar-refractivity contribution < 1.29 is 9.59 Å². The smallest absolute Gasteiger partial charge is 0.254 e. The van der Waals surface area contributed by atoms with Crippen molar-refractivity contribution >= 4 is 11.8 Å². The zero-order valence-corrected chi connectivity index (χ0v) is 13.4. The molecule has 2 N–H and O–H groups in total. The predicted molar refractivity (Wildman–Crippen MR) is 81.5 cm³/mol. The van der Waals surface area contributed by atoms with E-state index in [4.69, 9.17) is 0 Å². The molecule has 2 amide bonds. The number of piperazine rings is 1. The van der Waals surface area contributed by atoms with Gasteiger partial charge < -0.3 is 15.2 Å². The fraction of sp³-hybridized carbons (Fsp3) is 0.600. The van der Waals surface area contributed by atoms with Crippen molar-refractivity contribution in [3.05, 3.63) is 27.4 Å². The number of hydrogen-bond acceptors (Lipinski definition) is 4. The monoisotopic (exact) mass is 306 g/mol. The van der Waals surface area contributed by atoms with Crippen molar-refractivity contribution in [1.29, 1.82) is 0 Å². The molecule has 1 aromatic heterocycles. The Morgan fingerprint density at radius 3 is 2.64 bits per heavy atom. The summed E-state index contributed by atoms with van der Waals surface area (Å²) in [5.41, 5.74) is -0.249. The van der Waals surface area contributed by atoms with Gasteiger partial charge in [0.1, 0.15) is 11.4 Å². The van der Waals surface area contributed by atoms with E-state index in [1.807, 2.05) is 6.92 Å². The van der Waals surface area contributed by atoms with Crippen molar-refractivity contribution in [3.63, 3.8) is 0 Å². The Kier molecular flexibility index (Phi) is 4.35. The normalized spacial score (nSPS) is 21.6. The van der Waals surface area contributed by atoms with Gasteiger partial charge in [0, 0.05) is 24.3 Å². The van der Waals surface area contributed by atoms with Crippen LogP contribution in [0.15, 0.2) is 4.79 Å². The predicted octanol–water partition coefficient (Wildman–Crippen LogP) is 0.0563. The lowest BCUT2D eigenvalue weighted by atomic mass is 9.92. The van der Waals surface area contributed by atoms with Gasteiger partial charge in [0.25, 0.3) is 5.56 Å². The number of nitrogens with one attached hydrogen (secondary N) is 2. The molecule has 1 fully saturated rings. The second-order valence-electron chi connectivity index (χ2n) is 5.82. The molecule has 0 radical (unpaired) electrons. The van der Waals surface area contributed by atoms with E-state index in [1.54, 1.807) is 25.7 Å². The molecule has 1 aromatic rings. The van der Waals surface area contributed by atoms with E-state index in [0.717, 1.165) is 0 Å². The summed E-state index contributed by atoms with van der Waals surface area (Å²) >= 11 is 0. The molecule has 22 heavy (non-hydrogen) atoms. The number of carbonyl (C=O) groups excluding carboxylic acids is 2. The van der Waals surface area contributed by atoms with E-state index in [2.05, 4.69) is 15.3 Å². The first-order valence-corrected chi connectivity index (χ1v) is 7.44. The fourth-order valence-corrected chi connectivity index (χ4v) is 2.80. The highest BCUT2D eigenvalue weighted by Crippen LogP contribution is 2.23. The number of amides is 2. The molecule has 0 aromatic carbocycles. The number of H-pyrrole nitrogens is 1. The minimum absolute atomic E-state index is 0.0443. The van der Waals surface area contributed by atoms with Gasteiger partial charge in [-0.3, -0.25) is 14.4 Å². The van der Waals surface area contributed by atoms with Gasteiger partial charge >= 0.3 is 0 Å². The van der Waals surface area contributed by atoms with Crippen LogP contribution >= 0.6 is 0 Å². The molecule has 0 bridgehead atoms. The van der Waals surface area contributed by atoms with E-state index in [-0.39, 0.29) is 23.8 Å². The number of hydrogen-bond donors (Lipinski definition) is 2. The largest absolute Gasteiger partial charge is 0.352 e. The molecular weight excluding hydrogens is 284 g/mol. The third-order valence-corrected chi connectivity index (χ3v) is 4.36. The summed E-state index contributed by atoms with van der Waals surface area (Å²) < 4.78 is 0. The van der Waals surface area contributed by atoms with Crippen LogP contribution in [-0.2, 0) is 16.0 Å². The zero-order chi connectivity index (χ0) is 16.5. The van der Waals surface area contributed by atoms with Crippen LogP contribution in [0.4, 0.5) is 0 Å². The third kappa shape index (κ3) is 2.75. The Morgan fingerprint density at radius 2 is 2.05 bits per heavy atom. The molecule has 0 aliphatic carbocycles. The summed E-state index contributed by atoms with van der Waals surface area (Å²) in [7, 11) is 0. The van der Waals surface area contributed by atoms with E-state index in [1.165, 1.54) is 0 Å². The van der Waals surface area contributed by atoms with Crippen LogP contribution in [0.25, 0.3) is 0 Å². The molecule has 1 saturated heterocycles. The molecule has 7 heteroatoms. The molecule has 0 spiro atoms. The molecule has 7 nitrogen and oxygen atoms in total. The van der Waals surface area contributed by atoms with Crippen LogP contribution in [0.1, 0.15) is 37.4 Å². The number of aromatic amines is 1. The van der Waals surface area contributed by atoms with Crippen molar-refractivity contribution in [2.45, 2.75) is 46.1 Å². The van der Waals surface area contributed by atoms with Crippen molar-refractivity contribution in [2.75, 3.05) is 13.1 Å². The summed E-state index contributed by atoms with van der Waals surface area (Å²) in [6.45, 7) is 7.92. The number of nitrogens with zero attached hydrogens (tertiary/aromatic N) is 2. The number of carbonyl (C=O) groups is 2. The second kappa shape index (κ2) is 5.90. The maximum Gasteiger partial charge on any atom is 0.254 e. The number of aryl methyl sites for hydroxylation is 2. The lowest BCUT2D eigenvalue weighted by molar-refractivity contribution is -0.150. The fourth-order valence-electron chi connectivity index (χ4n) is 2.80. The molecule has 1 atom stereocenters. The highest BCUT2D eigenvalue weighted by atomic mass is 16.2. The highest BCUT2D eigenvalue weighted by molar-refractivity contribution is 5.92. The summed E-state index contributed by atoms with van der Waals surface area (Å²) in [5, 5.41) is 2.79. The van der Waals surface area contributed by atoms with Crippen molar-refractivity contribution in [2.24, 2.45) is 0 Å². The summed E-state index contributed by atoms with van der Waals surface area (Å²) in [5.74, 6) is 0.148. The lowest BCUT2D eigenvalue weighted by Gasteiger charge is -2.43. The van der Waals surface area contributed by atoms with Gasteiger partial charge in [-0.1, -0.05) is 6.92 Å². The standard InChI is InChI=1S/C15H22N4O3/c1-5-15(4)14(22)16-6-7-19(15)12(20)8-11-9(2)17-10(3)18-13(11)21/h5-8H2,1-4H3,(H,16,22)(H,17,18,21). The maximum absolute atomic E-state index is 12.6. The van der Waals surface area contributed by atoms with Gasteiger partial charge in [-0.15, -0.1) is 0 Å². The van der Waals surface area contributed by atoms with Crippen LogP contribution in [0.2, 0.25) is 0 Å². The minimum Gasteiger partial charge on any atom is -0.352 e. The van der Waals surface area contributed by atoms with E-state index in [9.17, 15) is 14.4 Å². The molecule has 1 unspecified atom stereocenters. The molecular formula is C15H22N4O3. The Bertz CT molecular complexity index is 667. The zero-order valence-electron chi connectivity index (χ0n) is 13.4. The third-order valence-electron chi connectivity index (χ3n) is 4.36. The highest BCUT2D eigenvalue weighted by Gasteiger charge is 2.43. The van der Waals surface area contributed by atoms with Crippen LogP contribution in [0, 0.1) is 13.8 Å². The van der Waals surface area contributed by atoms with Gasteiger partial charge in [0.2, 0.25) is 11.8 Å². The SMILES string of the molecule is CCC1(C)C(=O)NCCN1C(=O)Cc1c(C)nc(C)[nH]c1=O. The average molecular weight is 306 g/mol. The first kappa shape index (κ1) is 16.2. The van der Waals surface area contributed by atoms with Crippen LogP contribution in [-0.4, -0.2) is 45.3 Å². The quantitative estimate of drug-likeness (QED) is 0.825. The van der Waals surface area contributed by atoms with Crippen LogP contribution in [0.5, 0.6) is 0 Å². The minimum atomic E-state index is -0.867. The Morgan fingerprint density at radius 1 is 1.36 bits per heavy atom. The summed E-state index contributed by atoms with van der Waals surface area (Å²) in [6.07, 6.45) is 0.476. The summed E-state index contributed by atoms with van der Waals surface area (Å²) in [4.78, 5) is 45.2. The molecule has 1 aliphatic heterocycles. The van der Waals surface area contributed by atoms with Crippen molar-refractivity contribution in [1.82, 2.24) is 20.2 Å². The average Bonchev–Trinajstić information content (AvgIpc) is 2.45. The molecule has 0 saturated carbocycles. The first-order chi connectivity index (χ1) is 10.3. The van der Waals surface area contributed by atoms with Crippen LogP contribution < -0.4 is 10.9 Å². The first-order valence-electron chi connectivity index (χ1n) is 7.44. The Balaban J connectivity index is 2.29. The van der Waals surface area contributed by atoms with Gasteiger partial charge in [-0.2, -0.15) is 0 Å².